The minimum atomic E-state index is -0.840. The molecule has 0 saturated carbocycles. The fraction of sp³-hybridized carbons (Fsp3) is 0.643. The number of rotatable bonds is 6. The second kappa shape index (κ2) is 6.54. The van der Waals surface area contributed by atoms with Crippen molar-refractivity contribution in [2.24, 2.45) is 11.3 Å². The lowest BCUT2D eigenvalue weighted by Crippen LogP contribution is -2.28. The number of aromatic nitrogens is 2. The zero-order valence-electron chi connectivity index (χ0n) is 12.5. The monoisotopic (exact) mass is 281 g/mol. The summed E-state index contributed by atoms with van der Waals surface area (Å²) >= 11 is 0. The molecular weight excluding hydrogens is 258 g/mol. The highest BCUT2D eigenvalue weighted by Crippen LogP contribution is 2.24. The first kappa shape index (κ1) is 16.2. The molecule has 1 unspecified atom stereocenters. The maximum absolute atomic E-state index is 11.4. The molecule has 0 spiro atoms. The Morgan fingerprint density at radius 1 is 1.50 bits per heavy atom. The third-order valence-corrected chi connectivity index (χ3v) is 2.86. The standard InChI is InChI=1S/C14H23N3O3/c1-5-10-16-11(6-12(18)17-10)15-8-9(13(19)20)7-14(2,3)4/h6,9H,5,7-8H2,1-4H3,(H,19,20)(H2,15,16,17,18). The van der Waals surface area contributed by atoms with Crippen molar-refractivity contribution >= 4 is 11.8 Å². The molecule has 1 rings (SSSR count). The van der Waals surface area contributed by atoms with E-state index >= 15 is 0 Å². The molecule has 20 heavy (non-hydrogen) atoms. The Morgan fingerprint density at radius 3 is 2.65 bits per heavy atom. The molecule has 0 aliphatic rings. The number of H-pyrrole nitrogens is 1. The topological polar surface area (TPSA) is 95.1 Å². The van der Waals surface area contributed by atoms with Crippen LogP contribution in [0.4, 0.5) is 5.82 Å². The van der Waals surface area contributed by atoms with Gasteiger partial charge < -0.3 is 15.4 Å². The lowest BCUT2D eigenvalue weighted by Gasteiger charge is -2.23. The smallest absolute Gasteiger partial charge is 0.308 e. The molecule has 0 aromatic carbocycles. The van der Waals surface area contributed by atoms with E-state index in [4.69, 9.17) is 0 Å². The normalized spacial score (nSPS) is 13.0. The molecule has 0 amide bonds. The van der Waals surface area contributed by atoms with E-state index in [-0.39, 0.29) is 17.5 Å². The highest BCUT2D eigenvalue weighted by Gasteiger charge is 2.24. The Kier molecular flexibility index (Phi) is 5.30. The molecule has 0 bridgehead atoms. The van der Waals surface area contributed by atoms with Gasteiger partial charge >= 0.3 is 5.97 Å². The number of aromatic amines is 1. The van der Waals surface area contributed by atoms with Crippen LogP contribution in [0.1, 0.15) is 39.9 Å². The van der Waals surface area contributed by atoms with Crippen LogP contribution in [-0.2, 0) is 11.2 Å². The van der Waals surface area contributed by atoms with E-state index in [9.17, 15) is 14.7 Å². The van der Waals surface area contributed by atoms with E-state index in [1.807, 2.05) is 27.7 Å². The van der Waals surface area contributed by atoms with E-state index in [0.29, 0.717) is 24.5 Å². The van der Waals surface area contributed by atoms with Crippen LogP contribution in [0.3, 0.4) is 0 Å². The third kappa shape index (κ3) is 5.42. The van der Waals surface area contributed by atoms with E-state index < -0.39 is 11.9 Å². The summed E-state index contributed by atoms with van der Waals surface area (Å²) in [6, 6.07) is 1.34. The van der Waals surface area contributed by atoms with Gasteiger partial charge in [-0.1, -0.05) is 27.7 Å². The molecular formula is C14H23N3O3. The van der Waals surface area contributed by atoms with Gasteiger partial charge in [0.1, 0.15) is 11.6 Å². The Hall–Kier alpha value is -1.85. The van der Waals surface area contributed by atoms with Gasteiger partial charge in [-0.25, -0.2) is 4.98 Å². The van der Waals surface area contributed by atoms with Crippen molar-refractivity contribution in [1.29, 1.82) is 0 Å². The summed E-state index contributed by atoms with van der Waals surface area (Å²) in [5, 5.41) is 12.2. The molecule has 0 saturated heterocycles. The first-order valence-corrected chi connectivity index (χ1v) is 6.78. The van der Waals surface area contributed by atoms with Gasteiger partial charge in [0.15, 0.2) is 0 Å². The summed E-state index contributed by atoms with van der Waals surface area (Å²) in [6.07, 6.45) is 1.17. The molecule has 0 radical (unpaired) electrons. The van der Waals surface area contributed by atoms with Crippen molar-refractivity contribution in [3.8, 4) is 0 Å². The zero-order valence-corrected chi connectivity index (χ0v) is 12.5. The van der Waals surface area contributed by atoms with Crippen molar-refractivity contribution in [1.82, 2.24) is 9.97 Å². The number of aryl methyl sites for hydroxylation is 1. The summed E-state index contributed by atoms with van der Waals surface area (Å²) in [4.78, 5) is 29.5. The van der Waals surface area contributed by atoms with Crippen molar-refractivity contribution < 1.29 is 9.90 Å². The number of nitrogens with one attached hydrogen (secondary N) is 2. The van der Waals surface area contributed by atoms with E-state index in [1.165, 1.54) is 6.07 Å². The zero-order chi connectivity index (χ0) is 15.3. The molecule has 6 nitrogen and oxygen atoms in total. The maximum Gasteiger partial charge on any atom is 0.308 e. The fourth-order valence-electron chi connectivity index (χ4n) is 1.98. The van der Waals surface area contributed by atoms with Crippen LogP contribution in [-0.4, -0.2) is 27.6 Å². The Balaban J connectivity index is 2.75. The van der Waals surface area contributed by atoms with Crippen molar-refractivity contribution in [2.45, 2.75) is 40.5 Å². The second-order valence-electron chi connectivity index (χ2n) is 6.11. The summed E-state index contributed by atoms with van der Waals surface area (Å²) < 4.78 is 0. The van der Waals surface area contributed by atoms with Gasteiger partial charge in [0, 0.05) is 19.0 Å². The largest absolute Gasteiger partial charge is 0.481 e. The summed E-state index contributed by atoms with van der Waals surface area (Å²) in [5.74, 6) is -0.345. The molecule has 0 aliphatic heterocycles. The Morgan fingerprint density at radius 2 is 2.15 bits per heavy atom. The minimum absolute atomic E-state index is 0.0685. The van der Waals surface area contributed by atoms with E-state index in [1.54, 1.807) is 0 Å². The molecule has 0 aliphatic carbocycles. The van der Waals surface area contributed by atoms with Crippen molar-refractivity contribution in [3.63, 3.8) is 0 Å². The Bertz CT molecular complexity index is 517. The van der Waals surface area contributed by atoms with E-state index in [2.05, 4.69) is 15.3 Å². The highest BCUT2D eigenvalue weighted by molar-refractivity contribution is 5.70. The SMILES string of the molecule is CCc1nc(NCC(CC(C)(C)C)C(=O)O)cc(=O)[nH]1. The van der Waals surface area contributed by atoms with Crippen LogP contribution >= 0.6 is 0 Å². The Labute approximate surface area is 118 Å². The third-order valence-electron chi connectivity index (χ3n) is 2.86. The lowest BCUT2D eigenvalue weighted by atomic mass is 9.84. The number of aliphatic carboxylic acids is 1. The number of carbonyl (C=O) groups is 1. The number of carboxylic acid groups (broad SMARTS) is 1. The average molecular weight is 281 g/mol. The number of carboxylic acids is 1. The van der Waals surface area contributed by atoms with Gasteiger partial charge in [0.25, 0.3) is 5.56 Å². The molecule has 112 valence electrons. The summed E-state index contributed by atoms with van der Waals surface area (Å²) in [6.45, 7) is 8.16. The van der Waals surface area contributed by atoms with Crippen LogP contribution in [0.25, 0.3) is 0 Å². The van der Waals surface area contributed by atoms with Crippen LogP contribution in [0.15, 0.2) is 10.9 Å². The molecule has 1 aromatic heterocycles. The van der Waals surface area contributed by atoms with Gasteiger partial charge in [-0.15, -0.1) is 0 Å². The highest BCUT2D eigenvalue weighted by atomic mass is 16.4. The first-order chi connectivity index (χ1) is 9.21. The van der Waals surface area contributed by atoms with Gasteiger partial charge in [0.2, 0.25) is 0 Å². The molecule has 0 fully saturated rings. The van der Waals surface area contributed by atoms with Gasteiger partial charge in [0.05, 0.1) is 5.92 Å². The van der Waals surface area contributed by atoms with Gasteiger partial charge in [-0.2, -0.15) is 0 Å². The second-order valence-corrected chi connectivity index (χ2v) is 6.11. The summed E-state index contributed by atoms with van der Waals surface area (Å²) in [7, 11) is 0. The molecule has 1 heterocycles. The van der Waals surface area contributed by atoms with Crippen molar-refractivity contribution in [3.05, 3.63) is 22.2 Å². The van der Waals surface area contributed by atoms with Crippen LogP contribution in [0.2, 0.25) is 0 Å². The molecule has 3 N–H and O–H groups in total. The quantitative estimate of drug-likeness (QED) is 0.740. The maximum atomic E-state index is 11.4. The van der Waals surface area contributed by atoms with Crippen molar-refractivity contribution in [2.75, 3.05) is 11.9 Å². The van der Waals surface area contributed by atoms with Gasteiger partial charge in [-0.05, 0) is 11.8 Å². The predicted octanol–water partition coefficient (Wildman–Crippen LogP) is 1.88. The van der Waals surface area contributed by atoms with Crippen LogP contribution < -0.4 is 10.9 Å². The van der Waals surface area contributed by atoms with Crippen LogP contribution in [0, 0.1) is 11.3 Å². The lowest BCUT2D eigenvalue weighted by molar-refractivity contribution is -0.142. The average Bonchev–Trinajstić information content (AvgIpc) is 2.32. The number of anilines is 1. The number of hydrogen-bond acceptors (Lipinski definition) is 4. The molecule has 1 atom stereocenters. The molecule has 6 heteroatoms. The van der Waals surface area contributed by atoms with Crippen LogP contribution in [0.5, 0.6) is 0 Å². The first-order valence-electron chi connectivity index (χ1n) is 6.78. The predicted molar refractivity (Wildman–Crippen MR) is 77.9 cm³/mol. The fourth-order valence-corrected chi connectivity index (χ4v) is 1.98. The number of nitrogens with zero attached hydrogens (tertiary/aromatic N) is 1. The van der Waals surface area contributed by atoms with E-state index in [0.717, 1.165) is 0 Å². The summed E-state index contributed by atoms with van der Waals surface area (Å²) in [5.41, 5.74) is -0.303. The molecule has 1 aromatic rings. The number of hydrogen-bond donors (Lipinski definition) is 3. The minimum Gasteiger partial charge on any atom is -0.481 e. The van der Waals surface area contributed by atoms with Gasteiger partial charge in [-0.3, -0.25) is 9.59 Å².